The number of aliphatic hydroxyl groups excluding tert-OH is 1. The molecule has 0 spiro atoms. The molecule has 8 nitrogen and oxygen atoms in total. The van der Waals surface area contributed by atoms with Gasteiger partial charge in [0.05, 0.1) is 31.7 Å². The maximum atomic E-state index is 13.0. The molecule has 8 heteroatoms. The second kappa shape index (κ2) is 10.2. The molecule has 1 heterocycles. The molecule has 3 aromatic rings. The van der Waals surface area contributed by atoms with E-state index in [-0.39, 0.29) is 20.0 Å². The molecule has 2 atom stereocenters. The van der Waals surface area contributed by atoms with Gasteiger partial charge in [-0.15, -0.1) is 0 Å². The number of fused-ring (bicyclic) bond motifs is 2. The van der Waals surface area contributed by atoms with E-state index in [9.17, 15) is 15.0 Å². The number of hydrogen-bond donors (Lipinski definition) is 2. The first kappa shape index (κ1) is 24.8. The van der Waals surface area contributed by atoms with Crippen LogP contribution in [0.5, 0.6) is 28.7 Å². The predicted octanol–water partition coefficient (Wildman–Crippen LogP) is 4.18. The Balaban J connectivity index is 1.80. The van der Waals surface area contributed by atoms with Crippen LogP contribution in [0.3, 0.4) is 0 Å². The molecule has 0 saturated carbocycles. The van der Waals surface area contributed by atoms with Crippen molar-refractivity contribution in [2.24, 2.45) is 5.92 Å². The molecule has 0 radical (unpaired) electrons. The molecule has 0 saturated heterocycles. The summed E-state index contributed by atoms with van der Waals surface area (Å²) < 4.78 is 28.5. The minimum Gasteiger partial charge on any atom is -0.497 e. The summed E-state index contributed by atoms with van der Waals surface area (Å²) in [6.07, 6.45) is 1.17. The lowest BCUT2D eigenvalue weighted by Crippen LogP contribution is -2.39. The van der Waals surface area contributed by atoms with Crippen molar-refractivity contribution in [1.82, 2.24) is 0 Å². The molecular weight excluding hydrogens is 476 g/mol. The van der Waals surface area contributed by atoms with Crippen LogP contribution >= 0.6 is 0 Å². The average Bonchev–Trinajstić information content (AvgIpc) is 3.53. The van der Waals surface area contributed by atoms with Crippen LogP contribution in [0.25, 0.3) is 0 Å². The van der Waals surface area contributed by atoms with Gasteiger partial charge in [-0.1, -0.05) is 25.1 Å². The summed E-state index contributed by atoms with van der Waals surface area (Å²) in [5.74, 6) is 1.09. The molecule has 5 rings (SSSR count). The fourth-order valence-corrected chi connectivity index (χ4v) is 5.48. The van der Waals surface area contributed by atoms with Gasteiger partial charge >= 0.3 is 5.97 Å². The predicted molar refractivity (Wildman–Crippen MR) is 135 cm³/mol. The van der Waals surface area contributed by atoms with Crippen molar-refractivity contribution in [3.63, 3.8) is 0 Å². The molecule has 0 bridgehead atoms. The molecule has 194 valence electrons. The molecule has 2 unspecified atom stereocenters. The summed E-state index contributed by atoms with van der Waals surface area (Å²) in [5.41, 5.74) is 2.02. The quantitative estimate of drug-likeness (QED) is 0.422. The highest BCUT2D eigenvalue weighted by atomic mass is 16.7. The number of carboxylic acid groups (broad SMARTS) is 1. The Morgan fingerprint density at radius 3 is 2.51 bits per heavy atom. The maximum absolute atomic E-state index is 13.0. The highest BCUT2D eigenvalue weighted by molar-refractivity contribution is 5.80. The molecule has 37 heavy (non-hydrogen) atoms. The third-order valence-corrected chi connectivity index (χ3v) is 7.01. The van der Waals surface area contributed by atoms with Crippen LogP contribution in [0, 0.1) is 5.92 Å². The lowest BCUT2D eigenvalue weighted by Gasteiger charge is -2.37. The van der Waals surface area contributed by atoms with Gasteiger partial charge in [0.2, 0.25) is 6.79 Å². The van der Waals surface area contributed by atoms with Crippen LogP contribution in [0.2, 0.25) is 0 Å². The first-order valence-electron chi connectivity index (χ1n) is 12.3. The fourth-order valence-electron chi connectivity index (χ4n) is 5.48. The van der Waals surface area contributed by atoms with Gasteiger partial charge in [-0.25, -0.2) is 0 Å². The standard InChI is InChI=1S/C29H30O8/c1-3-11-34-21-6-7-22-18(13-21)14-24(28(31)32)29(22,19-4-9-25-27(15-19)37-17-36-25)23-8-5-20(33-2)16-26(23)35-12-10-30/h4-9,13,15-16,24,30H,3,10-12,14,17H2,1-2H3,(H,31,32). The van der Waals surface area contributed by atoms with Crippen LogP contribution in [0.15, 0.2) is 54.6 Å². The Labute approximate surface area is 215 Å². The van der Waals surface area contributed by atoms with E-state index in [0.717, 1.165) is 23.1 Å². The summed E-state index contributed by atoms with van der Waals surface area (Å²) in [6, 6.07) is 16.7. The van der Waals surface area contributed by atoms with Crippen molar-refractivity contribution >= 4 is 5.97 Å². The van der Waals surface area contributed by atoms with Crippen LogP contribution in [-0.2, 0) is 16.6 Å². The van der Waals surface area contributed by atoms with Crippen molar-refractivity contribution in [3.05, 3.63) is 76.9 Å². The number of hydrogen-bond acceptors (Lipinski definition) is 7. The Kier molecular flexibility index (Phi) is 6.84. The molecule has 3 aromatic carbocycles. The van der Waals surface area contributed by atoms with Crippen LogP contribution < -0.4 is 23.7 Å². The van der Waals surface area contributed by atoms with E-state index in [4.69, 9.17) is 23.7 Å². The zero-order valence-electron chi connectivity index (χ0n) is 20.9. The van der Waals surface area contributed by atoms with Gasteiger partial charge in [0.25, 0.3) is 0 Å². The van der Waals surface area contributed by atoms with Gasteiger partial charge < -0.3 is 33.9 Å². The highest BCUT2D eigenvalue weighted by Crippen LogP contribution is 2.57. The van der Waals surface area contributed by atoms with Gasteiger partial charge in [-0.3, -0.25) is 4.79 Å². The number of aliphatic hydroxyl groups is 1. The van der Waals surface area contributed by atoms with Crippen LogP contribution in [-0.4, -0.2) is 49.9 Å². The number of carboxylic acids is 1. The molecular formula is C29H30O8. The van der Waals surface area contributed by atoms with Gasteiger partial charge in [0.15, 0.2) is 11.5 Å². The summed E-state index contributed by atoms with van der Waals surface area (Å²) in [5, 5.41) is 20.1. The minimum absolute atomic E-state index is 0.0474. The zero-order chi connectivity index (χ0) is 26.0. The molecule has 2 aliphatic rings. The Morgan fingerprint density at radius 2 is 1.76 bits per heavy atom. The summed E-state index contributed by atoms with van der Waals surface area (Å²) >= 11 is 0. The fraction of sp³-hybridized carbons (Fsp3) is 0.345. The normalized spacial score (nSPS) is 19.4. The number of aliphatic carboxylic acids is 1. The van der Waals surface area contributed by atoms with E-state index < -0.39 is 17.3 Å². The third kappa shape index (κ3) is 4.21. The molecule has 1 aliphatic heterocycles. The molecule has 1 aliphatic carbocycles. The number of rotatable bonds is 10. The zero-order valence-corrected chi connectivity index (χ0v) is 20.9. The molecule has 2 N–H and O–H groups in total. The number of benzene rings is 3. The highest BCUT2D eigenvalue weighted by Gasteiger charge is 2.54. The van der Waals surface area contributed by atoms with Crippen molar-refractivity contribution < 1.29 is 38.7 Å². The maximum Gasteiger partial charge on any atom is 0.308 e. The van der Waals surface area contributed by atoms with E-state index >= 15 is 0 Å². The molecule has 0 fully saturated rings. The van der Waals surface area contributed by atoms with Crippen molar-refractivity contribution in [2.45, 2.75) is 25.2 Å². The molecule has 0 amide bonds. The van der Waals surface area contributed by atoms with Crippen LogP contribution in [0.4, 0.5) is 0 Å². The number of ether oxygens (including phenoxy) is 5. The second-order valence-corrected chi connectivity index (χ2v) is 9.07. The summed E-state index contributed by atoms with van der Waals surface area (Å²) in [7, 11) is 1.56. The minimum atomic E-state index is -1.12. The van der Waals surface area contributed by atoms with E-state index in [0.29, 0.717) is 47.3 Å². The lowest BCUT2D eigenvalue weighted by molar-refractivity contribution is -0.142. The van der Waals surface area contributed by atoms with E-state index in [1.807, 2.05) is 49.4 Å². The Hall–Kier alpha value is -3.91. The summed E-state index contributed by atoms with van der Waals surface area (Å²) in [4.78, 5) is 13.0. The van der Waals surface area contributed by atoms with E-state index in [1.165, 1.54) is 0 Å². The van der Waals surface area contributed by atoms with Gasteiger partial charge in [0.1, 0.15) is 23.9 Å². The van der Waals surface area contributed by atoms with Gasteiger partial charge in [-0.2, -0.15) is 0 Å². The monoisotopic (exact) mass is 506 g/mol. The number of methoxy groups -OCH3 is 1. The first-order chi connectivity index (χ1) is 18.0. The lowest BCUT2D eigenvalue weighted by atomic mass is 9.64. The van der Waals surface area contributed by atoms with Gasteiger partial charge in [0, 0.05) is 11.6 Å². The second-order valence-electron chi connectivity index (χ2n) is 9.07. The van der Waals surface area contributed by atoms with E-state index in [2.05, 4.69) is 0 Å². The summed E-state index contributed by atoms with van der Waals surface area (Å²) in [6.45, 7) is 2.58. The van der Waals surface area contributed by atoms with Crippen molar-refractivity contribution in [2.75, 3.05) is 33.7 Å². The molecule has 0 aromatic heterocycles. The van der Waals surface area contributed by atoms with Gasteiger partial charge in [-0.05, 0) is 59.9 Å². The average molecular weight is 507 g/mol. The third-order valence-electron chi connectivity index (χ3n) is 7.01. The smallest absolute Gasteiger partial charge is 0.308 e. The number of carbonyl (C=O) groups is 1. The Bertz CT molecular complexity index is 1300. The largest absolute Gasteiger partial charge is 0.497 e. The van der Waals surface area contributed by atoms with E-state index in [1.54, 1.807) is 19.2 Å². The van der Waals surface area contributed by atoms with Crippen molar-refractivity contribution in [1.29, 1.82) is 0 Å². The SMILES string of the molecule is CCCOc1ccc2c(c1)CC(C(=O)O)C2(c1ccc2c(c1)OCO2)c1ccc(OC)cc1OCCO. The van der Waals surface area contributed by atoms with Crippen LogP contribution in [0.1, 0.15) is 35.6 Å². The topological polar surface area (TPSA) is 104 Å². The Morgan fingerprint density at radius 1 is 0.973 bits per heavy atom. The first-order valence-corrected chi connectivity index (χ1v) is 12.3. The van der Waals surface area contributed by atoms with Crippen molar-refractivity contribution in [3.8, 4) is 28.7 Å².